The normalized spacial score (nSPS) is 10.9. The van der Waals surface area contributed by atoms with E-state index in [9.17, 15) is 0 Å². The first-order valence-corrected chi connectivity index (χ1v) is 5.85. The van der Waals surface area contributed by atoms with Crippen molar-refractivity contribution in [3.8, 4) is 0 Å². The van der Waals surface area contributed by atoms with Gasteiger partial charge in [0.1, 0.15) is 0 Å². The van der Waals surface area contributed by atoms with E-state index in [1.54, 1.807) is 0 Å². The zero-order valence-corrected chi connectivity index (χ0v) is 9.90. The van der Waals surface area contributed by atoms with Crippen LogP contribution in [-0.4, -0.2) is 11.5 Å². The van der Waals surface area contributed by atoms with Gasteiger partial charge in [-0.3, -0.25) is 4.98 Å². The maximum Gasteiger partial charge on any atom is 0.0722 e. The van der Waals surface area contributed by atoms with Crippen LogP contribution in [0.5, 0.6) is 0 Å². The summed E-state index contributed by atoms with van der Waals surface area (Å²) in [6.07, 6.45) is 3.02. The highest BCUT2D eigenvalue weighted by atomic mass is 14.9. The van der Waals surface area contributed by atoms with Gasteiger partial charge >= 0.3 is 0 Å². The smallest absolute Gasteiger partial charge is 0.0722 e. The monoisotopic (exact) mass is 214 g/mol. The second-order valence-electron chi connectivity index (χ2n) is 4.48. The summed E-state index contributed by atoms with van der Waals surface area (Å²) < 4.78 is 0. The number of fused-ring (bicyclic) bond motifs is 1. The van der Waals surface area contributed by atoms with E-state index in [0.29, 0.717) is 0 Å². The van der Waals surface area contributed by atoms with Gasteiger partial charge in [0.15, 0.2) is 0 Å². The number of nitrogens with one attached hydrogen (secondary N) is 1. The van der Waals surface area contributed by atoms with Crippen LogP contribution >= 0.6 is 0 Å². The summed E-state index contributed by atoms with van der Waals surface area (Å²) in [5.41, 5.74) is 2.24. The van der Waals surface area contributed by atoms with E-state index < -0.39 is 0 Å². The van der Waals surface area contributed by atoms with Gasteiger partial charge in [-0.05, 0) is 36.6 Å². The molecule has 0 fully saturated rings. The molecule has 2 nitrogen and oxygen atoms in total. The van der Waals surface area contributed by atoms with E-state index >= 15 is 0 Å². The predicted molar refractivity (Wildman–Crippen MR) is 69.7 cm³/mol. The Balaban J connectivity index is 2.17. The molecular weight excluding hydrogens is 196 g/mol. The molecule has 0 bridgehead atoms. The lowest BCUT2D eigenvalue weighted by Crippen LogP contribution is -2.05. The number of benzene rings is 1. The number of hydrogen-bond donors (Lipinski definition) is 1. The van der Waals surface area contributed by atoms with Gasteiger partial charge in [-0.1, -0.05) is 19.9 Å². The number of hydrogen-bond acceptors (Lipinski definition) is 2. The standard InChI is InChI=1S/C14H18N2/c1-11(2)8-10-16-14-7-3-6-13-12(14)5-4-9-15-13/h3-7,9,11,16H,8,10H2,1-2H3. The third kappa shape index (κ3) is 2.51. The summed E-state index contributed by atoms with van der Waals surface area (Å²) in [4.78, 5) is 4.35. The van der Waals surface area contributed by atoms with Gasteiger partial charge in [-0.15, -0.1) is 0 Å². The van der Waals surface area contributed by atoms with Crippen molar-refractivity contribution in [2.45, 2.75) is 20.3 Å². The number of rotatable bonds is 4. The van der Waals surface area contributed by atoms with Crippen molar-refractivity contribution in [1.82, 2.24) is 4.98 Å². The van der Waals surface area contributed by atoms with E-state index in [0.717, 1.165) is 18.0 Å². The van der Waals surface area contributed by atoms with Crippen LogP contribution in [0, 0.1) is 5.92 Å². The molecule has 2 aromatic rings. The quantitative estimate of drug-likeness (QED) is 0.839. The molecule has 1 heterocycles. The molecule has 84 valence electrons. The Hall–Kier alpha value is -1.57. The summed E-state index contributed by atoms with van der Waals surface area (Å²) in [6, 6.07) is 10.3. The minimum absolute atomic E-state index is 0.737. The lowest BCUT2D eigenvalue weighted by Gasteiger charge is -2.10. The van der Waals surface area contributed by atoms with Crippen LogP contribution in [0.2, 0.25) is 0 Å². The molecule has 0 unspecified atom stereocenters. The second-order valence-corrected chi connectivity index (χ2v) is 4.48. The molecule has 1 N–H and O–H groups in total. The van der Waals surface area contributed by atoms with E-state index in [1.807, 2.05) is 24.4 Å². The zero-order chi connectivity index (χ0) is 11.4. The predicted octanol–water partition coefficient (Wildman–Crippen LogP) is 3.69. The first-order chi connectivity index (χ1) is 7.77. The Bertz CT molecular complexity index is 458. The summed E-state index contributed by atoms with van der Waals surface area (Å²) in [5.74, 6) is 0.737. The lowest BCUT2D eigenvalue weighted by molar-refractivity contribution is 0.607. The second kappa shape index (κ2) is 4.97. The fourth-order valence-electron chi connectivity index (χ4n) is 1.75. The highest BCUT2D eigenvalue weighted by molar-refractivity contribution is 5.91. The Kier molecular flexibility index (Phi) is 3.40. The SMILES string of the molecule is CC(C)CCNc1cccc2ncccc12. The molecule has 0 spiro atoms. The van der Waals surface area contributed by atoms with Crippen LogP contribution in [0.1, 0.15) is 20.3 Å². The molecule has 0 saturated carbocycles. The first-order valence-electron chi connectivity index (χ1n) is 5.85. The number of nitrogens with zero attached hydrogens (tertiary/aromatic N) is 1. The number of aromatic nitrogens is 1. The summed E-state index contributed by atoms with van der Waals surface area (Å²) in [7, 11) is 0. The van der Waals surface area contributed by atoms with E-state index in [1.165, 1.54) is 17.5 Å². The van der Waals surface area contributed by atoms with Crippen molar-refractivity contribution in [2.75, 3.05) is 11.9 Å². The fourth-order valence-corrected chi connectivity index (χ4v) is 1.75. The van der Waals surface area contributed by atoms with E-state index in [2.05, 4.69) is 36.3 Å². The first kappa shape index (κ1) is 10.9. The van der Waals surface area contributed by atoms with Crippen molar-refractivity contribution in [3.63, 3.8) is 0 Å². The Morgan fingerprint density at radius 2 is 2.06 bits per heavy atom. The molecule has 2 rings (SSSR count). The summed E-state index contributed by atoms with van der Waals surface area (Å²) in [6.45, 7) is 5.50. The maximum absolute atomic E-state index is 4.35. The van der Waals surface area contributed by atoms with Crippen molar-refractivity contribution in [1.29, 1.82) is 0 Å². The average molecular weight is 214 g/mol. The fraction of sp³-hybridized carbons (Fsp3) is 0.357. The molecule has 2 heteroatoms. The average Bonchev–Trinajstić information content (AvgIpc) is 2.29. The van der Waals surface area contributed by atoms with Crippen LogP contribution in [-0.2, 0) is 0 Å². The Labute approximate surface area is 96.7 Å². The summed E-state index contributed by atoms with van der Waals surface area (Å²) >= 11 is 0. The van der Waals surface area contributed by atoms with Crippen LogP contribution in [0.4, 0.5) is 5.69 Å². The van der Waals surface area contributed by atoms with E-state index in [4.69, 9.17) is 0 Å². The molecule has 1 aromatic carbocycles. The van der Waals surface area contributed by atoms with E-state index in [-0.39, 0.29) is 0 Å². The van der Waals surface area contributed by atoms with Gasteiger partial charge < -0.3 is 5.32 Å². The van der Waals surface area contributed by atoms with Gasteiger partial charge in [-0.25, -0.2) is 0 Å². The lowest BCUT2D eigenvalue weighted by atomic mass is 10.1. The molecule has 1 aromatic heterocycles. The third-order valence-electron chi connectivity index (χ3n) is 2.68. The van der Waals surface area contributed by atoms with Gasteiger partial charge in [0, 0.05) is 23.8 Å². The zero-order valence-electron chi connectivity index (χ0n) is 9.90. The van der Waals surface area contributed by atoms with Crippen molar-refractivity contribution >= 4 is 16.6 Å². The minimum Gasteiger partial charge on any atom is -0.384 e. The largest absolute Gasteiger partial charge is 0.384 e. The van der Waals surface area contributed by atoms with Gasteiger partial charge in [-0.2, -0.15) is 0 Å². The van der Waals surface area contributed by atoms with Crippen LogP contribution < -0.4 is 5.32 Å². The molecule has 0 radical (unpaired) electrons. The molecule has 0 aliphatic carbocycles. The topological polar surface area (TPSA) is 24.9 Å². The van der Waals surface area contributed by atoms with Crippen LogP contribution in [0.3, 0.4) is 0 Å². The van der Waals surface area contributed by atoms with Gasteiger partial charge in [0.2, 0.25) is 0 Å². The summed E-state index contributed by atoms with van der Waals surface area (Å²) in [5, 5.41) is 4.68. The molecule has 0 saturated heterocycles. The molecule has 16 heavy (non-hydrogen) atoms. The van der Waals surface area contributed by atoms with Gasteiger partial charge in [0.25, 0.3) is 0 Å². The van der Waals surface area contributed by atoms with Crippen molar-refractivity contribution in [3.05, 3.63) is 36.5 Å². The molecule has 0 aliphatic heterocycles. The van der Waals surface area contributed by atoms with Crippen LogP contribution in [0.15, 0.2) is 36.5 Å². The Morgan fingerprint density at radius 3 is 2.88 bits per heavy atom. The Morgan fingerprint density at radius 1 is 1.19 bits per heavy atom. The third-order valence-corrected chi connectivity index (χ3v) is 2.68. The highest BCUT2D eigenvalue weighted by Crippen LogP contribution is 2.21. The van der Waals surface area contributed by atoms with Crippen LogP contribution in [0.25, 0.3) is 10.9 Å². The molecular formula is C14H18N2. The van der Waals surface area contributed by atoms with Crippen molar-refractivity contribution in [2.24, 2.45) is 5.92 Å². The molecule has 0 aliphatic rings. The highest BCUT2D eigenvalue weighted by Gasteiger charge is 2.00. The van der Waals surface area contributed by atoms with Crippen molar-refractivity contribution < 1.29 is 0 Å². The van der Waals surface area contributed by atoms with Gasteiger partial charge in [0.05, 0.1) is 5.52 Å². The molecule has 0 atom stereocenters. The molecule has 0 amide bonds. The number of anilines is 1. The maximum atomic E-state index is 4.35. The number of pyridine rings is 1. The minimum atomic E-state index is 0.737.